The molecule has 1 unspecified atom stereocenters. The van der Waals surface area contributed by atoms with E-state index in [0.29, 0.717) is 13.0 Å². The van der Waals surface area contributed by atoms with Gasteiger partial charge in [-0.15, -0.1) is 0 Å². The summed E-state index contributed by atoms with van der Waals surface area (Å²) in [5, 5.41) is 2.99. The van der Waals surface area contributed by atoms with Gasteiger partial charge in [0.1, 0.15) is 12.6 Å². The van der Waals surface area contributed by atoms with E-state index in [1.54, 1.807) is 31.2 Å². The monoisotopic (exact) mass is 479 g/mol. The number of carbonyl (C=O) groups excluding carboxylic acids is 2. The summed E-state index contributed by atoms with van der Waals surface area (Å²) in [4.78, 5) is 27.7. The lowest BCUT2D eigenvalue weighted by molar-refractivity contribution is -0.140. The van der Waals surface area contributed by atoms with Gasteiger partial charge < -0.3 is 10.2 Å². The van der Waals surface area contributed by atoms with E-state index in [0.717, 1.165) is 21.7 Å². The molecule has 9 heteroatoms. The van der Waals surface area contributed by atoms with Crippen molar-refractivity contribution in [2.75, 3.05) is 23.7 Å². The molecule has 0 spiro atoms. The number of nitrogens with one attached hydrogen (secondary N) is 1. The molecule has 1 atom stereocenters. The first kappa shape index (κ1) is 25.7. The number of halogens is 1. The van der Waals surface area contributed by atoms with E-state index in [2.05, 4.69) is 5.32 Å². The minimum Gasteiger partial charge on any atom is -0.355 e. The van der Waals surface area contributed by atoms with Gasteiger partial charge >= 0.3 is 0 Å². The molecule has 0 aliphatic heterocycles. The summed E-state index contributed by atoms with van der Waals surface area (Å²) in [7, 11) is -3.81. The van der Waals surface area contributed by atoms with Crippen molar-refractivity contribution in [1.29, 1.82) is 0 Å². The van der Waals surface area contributed by atoms with Gasteiger partial charge in [0.05, 0.1) is 17.0 Å². The van der Waals surface area contributed by atoms with E-state index in [1.165, 1.54) is 4.90 Å². The molecule has 0 heterocycles. The lowest BCUT2D eigenvalue weighted by atomic mass is 10.1. The van der Waals surface area contributed by atoms with Crippen molar-refractivity contribution in [3.8, 4) is 0 Å². The number of aryl methyl sites for hydroxylation is 1. The number of amides is 2. The maximum atomic E-state index is 13.5. The molecule has 32 heavy (non-hydrogen) atoms. The van der Waals surface area contributed by atoms with Crippen molar-refractivity contribution in [2.24, 2.45) is 0 Å². The topological polar surface area (TPSA) is 86.8 Å². The van der Waals surface area contributed by atoms with E-state index in [4.69, 9.17) is 11.6 Å². The van der Waals surface area contributed by atoms with Crippen LogP contribution in [-0.4, -0.2) is 50.5 Å². The minimum absolute atomic E-state index is 0.182. The molecule has 0 aliphatic carbocycles. The Balaban J connectivity index is 2.46. The SMILES string of the molecule is CCNC(=O)C(CC)N(Cc1ccccc1C)C(=O)CN(c1ccccc1Cl)S(C)(=O)=O. The highest BCUT2D eigenvalue weighted by atomic mass is 35.5. The van der Waals surface area contributed by atoms with Crippen molar-refractivity contribution < 1.29 is 18.0 Å². The van der Waals surface area contributed by atoms with Crippen molar-refractivity contribution in [1.82, 2.24) is 10.2 Å². The third-order valence-electron chi connectivity index (χ3n) is 5.14. The summed E-state index contributed by atoms with van der Waals surface area (Å²) in [6.45, 7) is 5.70. The van der Waals surface area contributed by atoms with Gasteiger partial charge in [-0.3, -0.25) is 13.9 Å². The van der Waals surface area contributed by atoms with Crippen LogP contribution >= 0.6 is 11.6 Å². The molecule has 7 nitrogen and oxygen atoms in total. The van der Waals surface area contributed by atoms with Crippen LogP contribution in [0.25, 0.3) is 0 Å². The maximum absolute atomic E-state index is 13.5. The van der Waals surface area contributed by atoms with E-state index in [-0.39, 0.29) is 23.2 Å². The number of nitrogens with zero attached hydrogens (tertiary/aromatic N) is 2. The molecule has 174 valence electrons. The quantitative estimate of drug-likeness (QED) is 0.566. The number of para-hydroxylation sites is 1. The first-order valence-corrected chi connectivity index (χ1v) is 12.7. The Bertz CT molecular complexity index is 1060. The lowest BCUT2D eigenvalue weighted by Crippen LogP contribution is -2.52. The van der Waals surface area contributed by atoms with Crippen LogP contribution < -0.4 is 9.62 Å². The molecule has 0 radical (unpaired) electrons. The first-order valence-electron chi connectivity index (χ1n) is 10.4. The van der Waals surface area contributed by atoms with E-state index in [1.807, 2.05) is 38.1 Å². The Morgan fingerprint density at radius 3 is 2.25 bits per heavy atom. The van der Waals surface area contributed by atoms with Crippen LogP contribution in [0, 0.1) is 6.92 Å². The second kappa shape index (κ2) is 11.3. The highest BCUT2D eigenvalue weighted by Crippen LogP contribution is 2.27. The molecule has 0 saturated heterocycles. The number of hydrogen-bond donors (Lipinski definition) is 1. The fraction of sp³-hybridized carbons (Fsp3) is 0.391. The summed E-state index contributed by atoms with van der Waals surface area (Å²) in [6, 6.07) is 13.3. The molecule has 2 aromatic rings. The summed E-state index contributed by atoms with van der Waals surface area (Å²) < 4.78 is 26.1. The van der Waals surface area contributed by atoms with Gasteiger partial charge in [-0.2, -0.15) is 0 Å². The van der Waals surface area contributed by atoms with Crippen LogP contribution in [0.2, 0.25) is 5.02 Å². The number of likely N-dealkylation sites (N-methyl/N-ethyl adjacent to an activating group) is 1. The second-order valence-corrected chi connectivity index (χ2v) is 9.80. The van der Waals surface area contributed by atoms with Crippen LogP contribution in [0.3, 0.4) is 0 Å². The molecule has 2 amide bonds. The Morgan fingerprint density at radius 2 is 1.69 bits per heavy atom. The molecule has 0 bridgehead atoms. The Morgan fingerprint density at radius 1 is 1.06 bits per heavy atom. The number of benzene rings is 2. The van der Waals surface area contributed by atoms with E-state index in [9.17, 15) is 18.0 Å². The van der Waals surface area contributed by atoms with Gasteiger partial charge in [0.15, 0.2) is 0 Å². The number of anilines is 1. The zero-order valence-electron chi connectivity index (χ0n) is 18.8. The van der Waals surface area contributed by atoms with Crippen molar-refractivity contribution in [2.45, 2.75) is 39.8 Å². The normalized spacial score (nSPS) is 12.2. The average Bonchev–Trinajstić information content (AvgIpc) is 2.73. The van der Waals surface area contributed by atoms with E-state index < -0.39 is 28.5 Å². The zero-order valence-corrected chi connectivity index (χ0v) is 20.4. The van der Waals surface area contributed by atoms with Gasteiger partial charge in [-0.1, -0.05) is 54.9 Å². The van der Waals surface area contributed by atoms with Crippen LogP contribution in [-0.2, 0) is 26.2 Å². The molecule has 0 fully saturated rings. The van der Waals surface area contributed by atoms with Crippen molar-refractivity contribution in [3.05, 3.63) is 64.7 Å². The third kappa shape index (κ3) is 6.46. The number of rotatable bonds is 10. The Hall–Kier alpha value is -2.58. The highest BCUT2D eigenvalue weighted by molar-refractivity contribution is 7.92. The number of carbonyl (C=O) groups is 2. The predicted molar refractivity (Wildman–Crippen MR) is 128 cm³/mol. The van der Waals surface area contributed by atoms with Gasteiger partial charge in [0, 0.05) is 13.1 Å². The Kier molecular flexibility index (Phi) is 9.09. The summed E-state index contributed by atoms with van der Waals surface area (Å²) in [6.07, 6.45) is 1.41. The predicted octanol–water partition coefficient (Wildman–Crippen LogP) is 3.36. The first-order chi connectivity index (χ1) is 15.1. The number of hydrogen-bond acceptors (Lipinski definition) is 4. The summed E-state index contributed by atoms with van der Waals surface area (Å²) >= 11 is 6.22. The lowest BCUT2D eigenvalue weighted by Gasteiger charge is -2.33. The maximum Gasteiger partial charge on any atom is 0.244 e. The number of sulfonamides is 1. The van der Waals surface area contributed by atoms with Crippen LogP contribution in [0.4, 0.5) is 5.69 Å². The molecule has 0 saturated carbocycles. The van der Waals surface area contributed by atoms with Gasteiger partial charge in [-0.25, -0.2) is 8.42 Å². The van der Waals surface area contributed by atoms with Crippen LogP contribution in [0.5, 0.6) is 0 Å². The standard InChI is InChI=1S/C23H30ClN3O4S/c1-5-20(23(29)25-6-2)26(15-18-12-8-7-11-17(18)3)22(28)16-27(32(4,30)31)21-14-10-9-13-19(21)24/h7-14,20H,5-6,15-16H2,1-4H3,(H,25,29). The summed E-state index contributed by atoms with van der Waals surface area (Å²) in [5.41, 5.74) is 2.07. The minimum atomic E-state index is -3.81. The molecule has 2 rings (SSSR count). The van der Waals surface area contributed by atoms with Gasteiger partial charge in [-0.05, 0) is 43.5 Å². The largest absolute Gasteiger partial charge is 0.355 e. The van der Waals surface area contributed by atoms with Gasteiger partial charge in [0.25, 0.3) is 0 Å². The molecular formula is C23H30ClN3O4S. The second-order valence-electron chi connectivity index (χ2n) is 7.49. The average molecular weight is 480 g/mol. The summed E-state index contributed by atoms with van der Waals surface area (Å²) in [5.74, 6) is -0.766. The molecular weight excluding hydrogens is 450 g/mol. The van der Waals surface area contributed by atoms with E-state index >= 15 is 0 Å². The van der Waals surface area contributed by atoms with Gasteiger partial charge in [0.2, 0.25) is 21.8 Å². The molecule has 0 aromatic heterocycles. The van der Waals surface area contributed by atoms with Crippen LogP contribution in [0.1, 0.15) is 31.4 Å². The zero-order chi connectivity index (χ0) is 23.9. The fourth-order valence-corrected chi connectivity index (χ4v) is 4.58. The molecule has 2 aromatic carbocycles. The smallest absolute Gasteiger partial charge is 0.244 e. The highest BCUT2D eigenvalue weighted by Gasteiger charge is 2.32. The molecule has 1 N–H and O–H groups in total. The van der Waals surface area contributed by atoms with Crippen molar-refractivity contribution in [3.63, 3.8) is 0 Å². The molecule has 0 aliphatic rings. The van der Waals surface area contributed by atoms with Crippen molar-refractivity contribution >= 4 is 39.1 Å². The van der Waals surface area contributed by atoms with Crippen LogP contribution in [0.15, 0.2) is 48.5 Å². The Labute approximate surface area is 195 Å². The third-order valence-corrected chi connectivity index (χ3v) is 6.59. The fourth-order valence-electron chi connectivity index (χ4n) is 3.43.